The van der Waals surface area contributed by atoms with Crippen molar-refractivity contribution in [3.8, 4) is 17.6 Å². The van der Waals surface area contributed by atoms with E-state index in [1.807, 2.05) is 18.7 Å². The topological polar surface area (TPSA) is 71.8 Å². The first kappa shape index (κ1) is 18.1. The van der Waals surface area contributed by atoms with Gasteiger partial charge in [-0.3, -0.25) is 4.79 Å². The molecule has 1 aliphatic heterocycles. The third kappa shape index (κ3) is 4.87. The van der Waals surface area contributed by atoms with E-state index in [-0.39, 0.29) is 18.1 Å². The molecule has 0 N–H and O–H groups in total. The van der Waals surface area contributed by atoms with Crippen LogP contribution in [-0.2, 0) is 9.53 Å². The quantitative estimate of drug-likeness (QED) is 0.748. The molecule has 130 valence electrons. The van der Waals surface area contributed by atoms with Crippen LogP contribution in [0, 0.1) is 11.3 Å². The Morgan fingerprint density at radius 1 is 1.33 bits per heavy atom. The van der Waals surface area contributed by atoms with Crippen LogP contribution < -0.4 is 9.47 Å². The highest BCUT2D eigenvalue weighted by Gasteiger charge is 2.25. The Labute approximate surface area is 142 Å². The van der Waals surface area contributed by atoms with Crippen molar-refractivity contribution in [1.82, 2.24) is 4.90 Å². The summed E-state index contributed by atoms with van der Waals surface area (Å²) >= 11 is 0. The monoisotopic (exact) mass is 332 g/mol. The number of hydrogen-bond donors (Lipinski definition) is 0. The zero-order chi connectivity index (χ0) is 17.5. The zero-order valence-electron chi connectivity index (χ0n) is 14.4. The van der Waals surface area contributed by atoms with E-state index < -0.39 is 0 Å². The average Bonchev–Trinajstić information content (AvgIpc) is 2.57. The van der Waals surface area contributed by atoms with Crippen molar-refractivity contribution in [2.45, 2.75) is 38.9 Å². The van der Waals surface area contributed by atoms with E-state index in [2.05, 4.69) is 6.07 Å². The standard InChI is InChI=1S/C18H24N2O4/c1-13-11-20(12-14(2)24-13)18(21)5-4-8-23-16-7-6-15(10-19)9-17(16)22-3/h6-7,9,13-14H,4-5,8,11-12H2,1-3H3. The second-order valence-corrected chi connectivity index (χ2v) is 5.99. The molecular weight excluding hydrogens is 308 g/mol. The fraction of sp³-hybridized carbons (Fsp3) is 0.556. The molecule has 6 heteroatoms. The Bertz CT molecular complexity index is 602. The van der Waals surface area contributed by atoms with Crippen molar-refractivity contribution >= 4 is 5.91 Å². The lowest BCUT2D eigenvalue weighted by Gasteiger charge is -2.35. The van der Waals surface area contributed by atoms with Crippen LogP contribution in [0.1, 0.15) is 32.3 Å². The van der Waals surface area contributed by atoms with Gasteiger partial charge in [0.25, 0.3) is 0 Å². The summed E-state index contributed by atoms with van der Waals surface area (Å²) in [6, 6.07) is 7.09. The van der Waals surface area contributed by atoms with Crippen molar-refractivity contribution in [2.24, 2.45) is 0 Å². The van der Waals surface area contributed by atoms with Crippen LogP contribution in [0.3, 0.4) is 0 Å². The van der Waals surface area contributed by atoms with Crippen LogP contribution in [0.2, 0.25) is 0 Å². The van der Waals surface area contributed by atoms with E-state index in [4.69, 9.17) is 19.5 Å². The number of rotatable bonds is 6. The minimum atomic E-state index is 0.0804. The van der Waals surface area contributed by atoms with Gasteiger partial charge in [-0.2, -0.15) is 5.26 Å². The molecule has 6 nitrogen and oxygen atoms in total. The summed E-state index contributed by atoms with van der Waals surface area (Å²) in [4.78, 5) is 14.1. The second-order valence-electron chi connectivity index (χ2n) is 5.99. The van der Waals surface area contributed by atoms with E-state index in [9.17, 15) is 4.79 Å². The molecule has 1 amide bonds. The summed E-state index contributed by atoms with van der Waals surface area (Å²) in [5.41, 5.74) is 0.518. The smallest absolute Gasteiger partial charge is 0.222 e. The Morgan fingerprint density at radius 3 is 2.67 bits per heavy atom. The van der Waals surface area contributed by atoms with E-state index in [0.717, 1.165) is 0 Å². The maximum Gasteiger partial charge on any atom is 0.222 e. The van der Waals surface area contributed by atoms with Crippen LogP contribution in [0.15, 0.2) is 18.2 Å². The first-order chi connectivity index (χ1) is 11.5. The number of nitrogens with zero attached hydrogens (tertiary/aromatic N) is 2. The Kier molecular flexibility index (Phi) is 6.44. The number of hydrogen-bond acceptors (Lipinski definition) is 5. The van der Waals surface area contributed by atoms with Crippen LogP contribution in [0.5, 0.6) is 11.5 Å². The number of carbonyl (C=O) groups is 1. The molecule has 2 atom stereocenters. The van der Waals surface area contributed by atoms with Crippen molar-refractivity contribution < 1.29 is 19.0 Å². The molecule has 0 radical (unpaired) electrons. The zero-order valence-corrected chi connectivity index (χ0v) is 14.4. The first-order valence-electron chi connectivity index (χ1n) is 8.17. The van der Waals surface area contributed by atoms with Gasteiger partial charge < -0.3 is 19.1 Å². The van der Waals surface area contributed by atoms with Crippen molar-refractivity contribution in [2.75, 3.05) is 26.8 Å². The molecule has 1 aromatic rings. The Morgan fingerprint density at radius 2 is 2.04 bits per heavy atom. The summed E-state index contributed by atoms with van der Waals surface area (Å²) < 4.78 is 16.5. The van der Waals surface area contributed by atoms with Crippen LogP contribution in [0.4, 0.5) is 0 Å². The molecule has 24 heavy (non-hydrogen) atoms. The summed E-state index contributed by atoms with van der Waals surface area (Å²) in [7, 11) is 1.54. The SMILES string of the molecule is COc1cc(C#N)ccc1OCCCC(=O)N1CC(C)OC(C)C1. The predicted molar refractivity (Wildman–Crippen MR) is 89.0 cm³/mol. The van der Waals surface area contributed by atoms with Gasteiger partial charge in [0.2, 0.25) is 5.91 Å². The van der Waals surface area contributed by atoms with Gasteiger partial charge in [-0.1, -0.05) is 0 Å². The third-order valence-corrected chi connectivity index (χ3v) is 3.86. The number of morpholine rings is 1. The molecule has 0 aromatic heterocycles. The molecule has 0 saturated carbocycles. The predicted octanol–water partition coefficient (Wildman–Crippen LogP) is 2.36. The van der Waals surface area contributed by atoms with Crippen molar-refractivity contribution in [3.63, 3.8) is 0 Å². The molecule has 0 bridgehead atoms. The number of amides is 1. The lowest BCUT2D eigenvalue weighted by Crippen LogP contribution is -2.48. The highest BCUT2D eigenvalue weighted by molar-refractivity contribution is 5.76. The molecule has 1 saturated heterocycles. The van der Waals surface area contributed by atoms with Gasteiger partial charge in [-0.25, -0.2) is 0 Å². The first-order valence-corrected chi connectivity index (χ1v) is 8.17. The van der Waals surface area contributed by atoms with Gasteiger partial charge in [-0.15, -0.1) is 0 Å². The minimum absolute atomic E-state index is 0.0804. The van der Waals surface area contributed by atoms with E-state index in [1.165, 1.54) is 7.11 Å². The van der Waals surface area contributed by atoms with Gasteiger partial charge in [0, 0.05) is 25.6 Å². The number of methoxy groups -OCH3 is 1. The van der Waals surface area contributed by atoms with E-state index >= 15 is 0 Å². The van der Waals surface area contributed by atoms with Gasteiger partial charge >= 0.3 is 0 Å². The molecule has 1 aliphatic rings. The van der Waals surface area contributed by atoms with E-state index in [0.29, 0.717) is 49.6 Å². The summed E-state index contributed by atoms with van der Waals surface area (Å²) in [5, 5.41) is 8.89. The van der Waals surface area contributed by atoms with Gasteiger partial charge in [0.15, 0.2) is 11.5 Å². The van der Waals surface area contributed by atoms with Crippen LogP contribution in [-0.4, -0.2) is 49.8 Å². The lowest BCUT2D eigenvalue weighted by atomic mass is 10.2. The number of benzene rings is 1. The fourth-order valence-electron chi connectivity index (χ4n) is 2.80. The van der Waals surface area contributed by atoms with Gasteiger partial charge in [-0.05, 0) is 32.4 Å². The molecule has 1 aromatic carbocycles. The maximum atomic E-state index is 12.3. The normalized spacial score (nSPS) is 20.3. The van der Waals surface area contributed by atoms with Crippen molar-refractivity contribution in [1.29, 1.82) is 5.26 Å². The number of ether oxygens (including phenoxy) is 3. The highest BCUT2D eigenvalue weighted by Crippen LogP contribution is 2.28. The number of nitriles is 1. The van der Waals surface area contributed by atoms with Gasteiger partial charge in [0.05, 0.1) is 37.6 Å². The molecule has 0 spiro atoms. The Balaban J connectivity index is 1.78. The highest BCUT2D eigenvalue weighted by atomic mass is 16.5. The van der Waals surface area contributed by atoms with Crippen molar-refractivity contribution in [3.05, 3.63) is 23.8 Å². The Hall–Kier alpha value is -2.26. The summed E-state index contributed by atoms with van der Waals surface area (Å²) in [6.07, 6.45) is 1.23. The third-order valence-electron chi connectivity index (χ3n) is 3.86. The number of carbonyl (C=O) groups excluding carboxylic acids is 1. The maximum absolute atomic E-state index is 12.3. The molecule has 1 fully saturated rings. The van der Waals surface area contributed by atoms with Crippen LogP contribution in [0.25, 0.3) is 0 Å². The van der Waals surface area contributed by atoms with E-state index in [1.54, 1.807) is 18.2 Å². The summed E-state index contributed by atoms with van der Waals surface area (Å²) in [6.45, 7) is 5.68. The fourth-order valence-corrected chi connectivity index (χ4v) is 2.80. The molecule has 2 rings (SSSR count). The molecule has 2 unspecified atom stereocenters. The minimum Gasteiger partial charge on any atom is -0.493 e. The van der Waals surface area contributed by atoms with Gasteiger partial charge in [0.1, 0.15) is 0 Å². The lowest BCUT2D eigenvalue weighted by molar-refractivity contribution is -0.143. The molecular formula is C18H24N2O4. The second kappa shape index (κ2) is 8.55. The molecule has 1 heterocycles. The average molecular weight is 332 g/mol. The molecule has 0 aliphatic carbocycles. The largest absolute Gasteiger partial charge is 0.493 e. The van der Waals surface area contributed by atoms with Crippen LogP contribution >= 0.6 is 0 Å². The summed E-state index contributed by atoms with van der Waals surface area (Å²) in [5.74, 6) is 1.24.